The van der Waals surface area contributed by atoms with E-state index in [2.05, 4.69) is 40.8 Å². The number of aryl methyl sites for hydroxylation is 3. The van der Waals surface area contributed by atoms with Crippen molar-refractivity contribution in [3.63, 3.8) is 0 Å². The van der Waals surface area contributed by atoms with Gasteiger partial charge in [0, 0.05) is 6.54 Å². The van der Waals surface area contributed by atoms with Crippen LogP contribution in [-0.4, -0.2) is 20.9 Å². The highest BCUT2D eigenvalue weighted by atomic mass is 16.2. The lowest BCUT2D eigenvalue weighted by Gasteiger charge is -2.05. The number of rotatable bonds is 5. The number of aromatic nitrogens is 3. The Bertz CT molecular complexity index is 861. The van der Waals surface area contributed by atoms with E-state index in [1.807, 2.05) is 38.1 Å². The summed E-state index contributed by atoms with van der Waals surface area (Å²) in [6, 6.07) is 14.3. The van der Waals surface area contributed by atoms with Gasteiger partial charge in [0.25, 0.3) is 5.91 Å². The third-order valence-corrected chi connectivity index (χ3v) is 4.08. The van der Waals surface area contributed by atoms with Gasteiger partial charge in [-0.25, -0.2) is 4.68 Å². The van der Waals surface area contributed by atoms with Gasteiger partial charge in [-0.2, -0.15) is 0 Å². The largest absolute Gasteiger partial charge is 0.347 e. The van der Waals surface area contributed by atoms with Gasteiger partial charge in [-0.3, -0.25) is 4.79 Å². The molecule has 0 aliphatic heterocycles. The van der Waals surface area contributed by atoms with Crippen molar-refractivity contribution in [1.29, 1.82) is 0 Å². The second-order valence-corrected chi connectivity index (χ2v) is 6.25. The summed E-state index contributed by atoms with van der Waals surface area (Å²) in [6.07, 6.45) is 2.66. The zero-order valence-electron chi connectivity index (χ0n) is 14.8. The van der Waals surface area contributed by atoms with E-state index < -0.39 is 0 Å². The second-order valence-electron chi connectivity index (χ2n) is 6.25. The Kier molecular flexibility index (Phi) is 4.93. The minimum atomic E-state index is -0.227. The van der Waals surface area contributed by atoms with Crippen LogP contribution in [-0.2, 0) is 13.0 Å². The molecule has 3 rings (SSSR count). The third kappa shape index (κ3) is 4.12. The third-order valence-electron chi connectivity index (χ3n) is 4.08. The van der Waals surface area contributed by atoms with Crippen molar-refractivity contribution in [2.24, 2.45) is 0 Å². The first-order valence-electron chi connectivity index (χ1n) is 8.42. The van der Waals surface area contributed by atoms with Gasteiger partial charge in [0.1, 0.15) is 0 Å². The van der Waals surface area contributed by atoms with E-state index in [0.29, 0.717) is 12.2 Å². The van der Waals surface area contributed by atoms with Crippen molar-refractivity contribution < 1.29 is 4.79 Å². The lowest BCUT2D eigenvalue weighted by molar-refractivity contribution is 0.0946. The zero-order chi connectivity index (χ0) is 17.8. The summed E-state index contributed by atoms with van der Waals surface area (Å²) in [7, 11) is 0. The maximum Gasteiger partial charge on any atom is 0.273 e. The SMILES string of the molecule is CCc1ccc(CNC(=O)c2cn(-c3cc(C)cc(C)c3)nn2)cc1. The number of carbonyl (C=O) groups excluding carboxylic acids is 1. The fourth-order valence-corrected chi connectivity index (χ4v) is 2.74. The number of nitrogens with zero attached hydrogens (tertiary/aromatic N) is 3. The molecule has 5 nitrogen and oxygen atoms in total. The van der Waals surface area contributed by atoms with Crippen molar-refractivity contribution in [3.8, 4) is 5.69 Å². The van der Waals surface area contributed by atoms with Crippen LogP contribution in [0.25, 0.3) is 5.69 Å². The number of hydrogen-bond donors (Lipinski definition) is 1. The molecule has 0 saturated heterocycles. The Morgan fingerprint density at radius 2 is 1.68 bits per heavy atom. The lowest BCUT2D eigenvalue weighted by Crippen LogP contribution is -2.23. The van der Waals surface area contributed by atoms with Crippen molar-refractivity contribution in [1.82, 2.24) is 20.3 Å². The molecular weight excluding hydrogens is 312 g/mol. The summed E-state index contributed by atoms with van der Waals surface area (Å²) >= 11 is 0. The molecule has 0 saturated carbocycles. The van der Waals surface area contributed by atoms with Crippen LogP contribution in [0.4, 0.5) is 0 Å². The molecule has 3 aromatic rings. The summed E-state index contributed by atoms with van der Waals surface area (Å²) in [5.74, 6) is -0.227. The average Bonchev–Trinajstić information content (AvgIpc) is 3.09. The zero-order valence-corrected chi connectivity index (χ0v) is 14.8. The van der Waals surface area contributed by atoms with E-state index in [1.165, 1.54) is 5.56 Å². The van der Waals surface area contributed by atoms with Gasteiger partial charge in [0.15, 0.2) is 5.69 Å². The number of nitrogens with one attached hydrogen (secondary N) is 1. The molecule has 0 aliphatic carbocycles. The first-order valence-corrected chi connectivity index (χ1v) is 8.42. The Balaban J connectivity index is 1.67. The van der Waals surface area contributed by atoms with E-state index in [0.717, 1.165) is 28.8 Å². The Hall–Kier alpha value is -2.95. The summed E-state index contributed by atoms with van der Waals surface area (Å²) < 4.78 is 1.63. The molecule has 0 unspecified atom stereocenters. The molecule has 1 aromatic heterocycles. The minimum Gasteiger partial charge on any atom is -0.347 e. The van der Waals surface area contributed by atoms with E-state index in [-0.39, 0.29) is 5.91 Å². The van der Waals surface area contributed by atoms with E-state index >= 15 is 0 Å². The number of amides is 1. The van der Waals surface area contributed by atoms with Crippen molar-refractivity contribution in [2.75, 3.05) is 0 Å². The van der Waals surface area contributed by atoms with Crippen LogP contribution in [0.2, 0.25) is 0 Å². The fourth-order valence-electron chi connectivity index (χ4n) is 2.74. The predicted molar refractivity (Wildman–Crippen MR) is 97.8 cm³/mol. The van der Waals surface area contributed by atoms with Gasteiger partial charge in [0.05, 0.1) is 11.9 Å². The molecule has 5 heteroatoms. The van der Waals surface area contributed by atoms with Crippen molar-refractivity contribution in [3.05, 3.63) is 76.6 Å². The summed E-state index contributed by atoms with van der Waals surface area (Å²) in [6.45, 7) is 6.66. The molecule has 128 valence electrons. The first kappa shape index (κ1) is 16.9. The van der Waals surface area contributed by atoms with Crippen molar-refractivity contribution in [2.45, 2.75) is 33.7 Å². The maximum atomic E-state index is 12.3. The van der Waals surface area contributed by atoms with Gasteiger partial charge in [-0.1, -0.05) is 42.5 Å². The molecule has 0 aliphatic rings. The van der Waals surface area contributed by atoms with Crippen LogP contribution < -0.4 is 5.32 Å². The molecule has 25 heavy (non-hydrogen) atoms. The molecule has 2 aromatic carbocycles. The second kappa shape index (κ2) is 7.30. The predicted octanol–water partition coefficient (Wildman–Crippen LogP) is 3.38. The highest BCUT2D eigenvalue weighted by Crippen LogP contribution is 2.13. The summed E-state index contributed by atoms with van der Waals surface area (Å²) in [5.41, 5.74) is 5.85. The van der Waals surface area contributed by atoms with Crippen molar-refractivity contribution >= 4 is 5.91 Å². The Morgan fingerprint density at radius 3 is 2.32 bits per heavy atom. The van der Waals surface area contributed by atoms with E-state index in [4.69, 9.17) is 0 Å². The molecule has 0 spiro atoms. The highest BCUT2D eigenvalue weighted by Gasteiger charge is 2.11. The summed E-state index contributed by atoms with van der Waals surface area (Å²) in [4.78, 5) is 12.3. The van der Waals surface area contributed by atoms with Gasteiger partial charge in [-0.05, 0) is 54.7 Å². The molecular formula is C20H22N4O. The first-order chi connectivity index (χ1) is 12.0. The van der Waals surface area contributed by atoms with Crippen LogP contribution in [0.5, 0.6) is 0 Å². The van der Waals surface area contributed by atoms with Gasteiger partial charge < -0.3 is 5.32 Å². The summed E-state index contributed by atoms with van der Waals surface area (Å²) in [5, 5.41) is 11.0. The lowest BCUT2D eigenvalue weighted by atomic mass is 10.1. The molecule has 0 radical (unpaired) electrons. The van der Waals surface area contributed by atoms with Crippen LogP contribution in [0.3, 0.4) is 0 Å². The fraction of sp³-hybridized carbons (Fsp3) is 0.250. The quantitative estimate of drug-likeness (QED) is 0.778. The van der Waals surface area contributed by atoms with Crippen LogP contribution in [0, 0.1) is 13.8 Å². The smallest absolute Gasteiger partial charge is 0.273 e. The monoisotopic (exact) mass is 334 g/mol. The Morgan fingerprint density at radius 1 is 1.04 bits per heavy atom. The van der Waals surface area contributed by atoms with Gasteiger partial charge in [0.2, 0.25) is 0 Å². The van der Waals surface area contributed by atoms with Crippen LogP contribution >= 0.6 is 0 Å². The number of benzene rings is 2. The van der Waals surface area contributed by atoms with E-state index in [1.54, 1.807) is 10.9 Å². The highest BCUT2D eigenvalue weighted by molar-refractivity contribution is 5.91. The molecule has 1 N–H and O–H groups in total. The molecule has 0 atom stereocenters. The normalized spacial score (nSPS) is 10.7. The number of hydrogen-bond acceptors (Lipinski definition) is 3. The average molecular weight is 334 g/mol. The Labute approximate surface area is 147 Å². The minimum absolute atomic E-state index is 0.227. The van der Waals surface area contributed by atoms with Gasteiger partial charge in [-0.15, -0.1) is 5.10 Å². The molecule has 0 fully saturated rings. The number of carbonyl (C=O) groups is 1. The molecule has 1 amide bonds. The van der Waals surface area contributed by atoms with Crippen LogP contribution in [0.15, 0.2) is 48.7 Å². The van der Waals surface area contributed by atoms with E-state index in [9.17, 15) is 4.79 Å². The van der Waals surface area contributed by atoms with Crippen LogP contribution in [0.1, 0.15) is 39.7 Å². The molecule has 0 bridgehead atoms. The molecule has 1 heterocycles. The standard InChI is InChI=1S/C20H22N4O/c1-4-16-5-7-17(8-6-16)12-21-20(25)19-13-24(23-22-19)18-10-14(2)9-15(3)11-18/h5-11,13H,4,12H2,1-3H3,(H,21,25). The van der Waals surface area contributed by atoms with Gasteiger partial charge >= 0.3 is 0 Å². The maximum absolute atomic E-state index is 12.3. The topological polar surface area (TPSA) is 59.8 Å².